The van der Waals surface area contributed by atoms with Crippen LogP contribution in [0.3, 0.4) is 0 Å². The molecule has 0 amide bonds. The Kier molecular flexibility index (Phi) is 6.56. The molecule has 5 heteroatoms. The zero-order valence-corrected chi connectivity index (χ0v) is 26.7. The summed E-state index contributed by atoms with van der Waals surface area (Å²) in [7, 11) is 0. The summed E-state index contributed by atoms with van der Waals surface area (Å²) in [5.74, 6) is 0. The van der Waals surface area contributed by atoms with Gasteiger partial charge in [-0.25, -0.2) is 0 Å². The third kappa shape index (κ3) is 4.31. The summed E-state index contributed by atoms with van der Waals surface area (Å²) in [5.41, 5.74) is 11.1. The van der Waals surface area contributed by atoms with Gasteiger partial charge in [-0.15, -0.1) is 0 Å². The predicted octanol–water partition coefficient (Wildman–Crippen LogP) is 10.8. The second-order valence-electron chi connectivity index (χ2n) is 12.3. The normalized spacial score (nSPS) is 11.1. The summed E-state index contributed by atoms with van der Waals surface area (Å²) in [4.78, 5) is 0. The predicted molar refractivity (Wildman–Crippen MR) is 200 cm³/mol. The monoisotopic (exact) mass is 635 g/mol. The highest BCUT2D eigenvalue weighted by Crippen LogP contribution is 2.40. The molecule has 9 rings (SSSR count). The molecular formula is C45H25N5. The third-order valence-corrected chi connectivity index (χ3v) is 9.65. The van der Waals surface area contributed by atoms with Crippen LogP contribution in [-0.4, -0.2) is 9.13 Å². The van der Waals surface area contributed by atoms with Crippen LogP contribution in [0, 0.1) is 34.0 Å². The van der Waals surface area contributed by atoms with Gasteiger partial charge in [-0.3, -0.25) is 0 Å². The lowest BCUT2D eigenvalue weighted by Crippen LogP contribution is -2.00. The minimum absolute atomic E-state index is 0.551. The van der Waals surface area contributed by atoms with Gasteiger partial charge in [0.05, 0.1) is 62.7 Å². The molecule has 0 aliphatic carbocycles. The molecule has 5 nitrogen and oxygen atoms in total. The molecule has 0 atom stereocenters. The van der Waals surface area contributed by atoms with E-state index in [4.69, 9.17) is 0 Å². The Morgan fingerprint density at radius 2 is 0.980 bits per heavy atom. The maximum Gasteiger partial charge on any atom is 0.0998 e. The van der Waals surface area contributed by atoms with Crippen molar-refractivity contribution in [3.05, 3.63) is 168 Å². The first kappa shape index (κ1) is 28.8. The number of benzene rings is 7. The number of para-hydroxylation sites is 3. The fourth-order valence-electron chi connectivity index (χ4n) is 7.45. The molecule has 0 saturated carbocycles. The number of fused-ring (bicyclic) bond motifs is 6. The molecule has 2 aromatic heterocycles. The third-order valence-electron chi connectivity index (χ3n) is 9.65. The second-order valence-corrected chi connectivity index (χ2v) is 12.3. The average molecular weight is 636 g/mol. The van der Waals surface area contributed by atoms with Crippen LogP contribution in [0.5, 0.6) is 0 Å². The molecule has 0 saturated heterocycles. The number of nitrogens with zero attached hydrogens (tertiary/aromatic N) is 5. The van der Waals surface area contributed by atoms with Crippen LogP contribution >= 0.6 is 0 Å². The molecule has 9 aromatic rings. The lowest BCUT2D eigenvalue weighted by molar-refractivity contribution is 1.18. The van der Waals surface area contributed by atoms with Gasteiger partial charge in [0.25, 0.3) is 0 Å². The zero-order chi connectivity index (χ0) is 33.8. The Labute approximate surface area is 287 Å². The van der Waals surface area contributed by atoms with E-state index in [1.54, 1.807) is 0 Å². The molecule has 0 aliphatic heterocycles. The average Bonchev–Trinajstić information content (AvgIpc) is 3.70. The number of rotatable bonds is 4. The lowest BCUT2D eigenvalue weighted by atomic mass is 9.92. The lowest BCUT2D eigenvalue weighted by Gasteiger charge is -2.17. The fourth-order valence-corrected chi connectivity index (χ4v) is 7.45. The summed E-state index contributed by atoms with van der Waals surface area (Å²) in [6.07, 6.45) is 0. The van der Waals surface area contributed by atoms with Gasteiger partial charge in [-0.2, -0.15) is 15.8 Å². The van der Waals surface area contributed by atoms with Crippen LogP contribution in [0.15, 0.2) is 152 Å². The van der Waals surface area contributed by atoms with Crippen molar-refractivity contribution in [3.63, 3.8) is 0 Å². The van der Waals surface area contributed by atoms with Crippen molar-refractivity contribution in [3.8, 4) is 51.8 Å². The van der Waals surface area contributed by atoms with E-state index in [0.29, 0.717) is 16.7 Å². The largest absolute Gasteiger partial charge is 0.309 e. The highest BCUT2D eigenvalue weighted by atomic mass is 15.0. The van der Waals surface area contributed by atoms with Crippen molar-refractivity contribution in [2.75, 3.05) is 0 Å². The zero-order valence-electron chi connectivity index (χ0n) is 26.7. The SMILES string of the molecule is N#Cc1ccc2c(c1)c1ccccc1n2-c1ccc(-c2cc(-c3c(C#N)cccc3-n3c4ccccc4c4ccccc43)ccc2C#N)cc1. The summed E-state index contributed by atoms with van der Waals surface area (Å²) >= 11 is 0. The van der Waals surface area contributed by atoms with Crippen molar-refractivity contribution >= 4 is 43.6 Å². The van der Waals surface area contributed by atoms with Crippen molar-refractivity contribution in [1.29, 1.82) is 15.8 Å². The smallest absolute Gasteiger partial charge is 0.0998 e. The van der Waals surface area contributed by atoms with E-state index in [9.17, 15) is 15.8 Å². The molecule has 0 spiro atoms. The quantitative estimate of drug-likeness (QED) is 0.193. The minimum Gasteiger partial charge on any atom is -0.309 e. The highest BCUT2D eigenvalue weighted by molar-refractivity contribution is 6.11. The molecular weight excluding hydrogens is 611 g/mol. The van der Waals surface area contributed by atoms with Gasteiger partial charge in [-0.05, 0) is 83.9 Å². The molecule has 0 radical (unpaired) electrons. The Bertz CT molecular complexity index is 2900. The van der Waals surface area contributed by atoms with Gasteiger partial charge >= 0.3 is 0 Å². The number of nitriles is 3. The molecule has 50 heavy (non-hydrogen) atoms. The molecule has 7 aromatic carbocycles. The van der Waals surface area contributed by atoms with Gasteiger partial charge in [0.15, 0.2) is 0 Å². The second kappa shape index (κ2) is 11.4. The molecule has 0 unspecified atom stereocenters. The topological polar surface area (TPSA) is 81.2 Å². The Morgan fingerprint density at radius 1 is 0.400 bits per heavy atom. The molecule has 0 aliphatic rings. The van der Waals surface area contributed by atoms with Crippen LogP contribution in [0.1, 0.15) is 16.7 Å². The Balaban J connectivity index is 1.21. The summed E-state index contributed by atoms with van der Waals surface area (Å²) in [5, 5.41) is 34.6. The van der Waals surface area contributed by atoms with Gasteiger partial charge in [0, 0.05) is 38.4 Å². The van der Waals surface area contributed by atoms with Gasteiger partial charge in [0.1, 0.15) is 0 Å². The van der Waals surface area contributed by atoms with E-state index in [0.717, 1.165) is 77.2 Å². The van der Waals surface area contributed by atoms with E-state index in [-0.39, 0.29) is 0 Å². The van der Waals surface area contributed by atoms with Crippen LogP contribution in [0.2, 0.25) is 0 Å². The van der Waals surface area contributed by atoms with E-state index in [1.165, 1.54) is 0 Å². The van der Waals surface area contributed by atoms with E-state index < -0.39 is 0 Å². The molecule has 0 N–H and O–H groups in total. The maximum absolute atomic E-state index is 10.4. The highest BCUT2D eigenvalue weighted by Gasteiger charge is 2.20. The first-order valence-corrected chi connectivity index (χ1v) is 16.3. The van der Waals surface area contributed by atoms with E-state index in [1.807, 2.05) is 84.9 Å². The van der Waals surface area contributed by atoms with Gasteiger partial charge in [0.2, 0.25) is 0 Å². The first-order chi connectivity index (χ1) is 24.7. The van der Waals surface area contributed by atoms with Crippen molar-refractivity contribution < 1.29 is 0 Å². The molecule has 0 bridgehead atoms. The van der Waals surface area contributed by atoms with E-state index >= 15 is 0 Å². The summed E-state index contributed by atoms with van der Waals surface area (Å²) in [6.45, 7) is 0. The van der Waals surface area contributed by atoms with Crippen LogP contribution < -0.4 is 0 Å². The summed E-state index contributed by atoms with van der Waals surface area (Å²) in [6, 6.07) is 57.7. The van der Waals surface area contributed by atoms with Crippen LogP contribution in [0.4, 0.5) is 0 Å². The molecule has 2 heterocycles. The fraction of sp³-hybridized carbons (Fsp3) is 0. The summed E-state index contributed by atoms with van der Waals surface area (Å²) < 4.78 is 4.44. The molecule has 230 valence electrons. The van der Waals surface area contributed by atoms with Crippen molar-refractivity contribution in [1.82, 2.24) is 9.13 Å². The number of hydrogen-bond donors (Lipinski definition) is 0. The Morgan fingerprint density at radius 3 is 1.62 bits per heavy atom. The van der Waals surface area contributed by atoms with E-state index in [2.05, 4.69) is 94.1 Å². The Hall–Kier alpha value is -7.39. The minimum atomic E-state index is 0.551. The van der Waals surface area contributed by atoms with Crippen molar-refractivity contribution in [2.45, 2.75) is 0 Å². The molecule has 0 fully saturated rings. The van der Waals surface area contributed by atoms with Gasteiger partial charge in [-0.1, -0.05) is 78.9 Å². The maximum atomic E-state index is 10.4. The standard InChI is InChI=1S/C45H25N5/c46-26-29-16-23-43-39(24-29)37-11-3-4-12-40(37)49(43)34-21-19-30(20-22-34)38-25-31(17-18-32(38)27-47)45-33(28-48)8-7-15-44(45)50-41-13-5-1-9-35(41)36-10-2-6-14-42(36)50/h1-25H. The van der Waals surface area contributed by atoms with Crippen molar-refractivity contribution in [2.24, 2.45) is 0 Å². The van der Waals surface area contributed by atoms with Gasteiger partial charge < -0.3 is 9.13 Å². The first-order valence-electron chi connectivity index (χ1n) is 16.3. The number of aromatic nitrogens is 2. The van der Waals surface area contributed by atoms with Crippen LogP contribution in [-0.2, 0) is 0 Å². The number of hydrogen-bond acceptors (Lipinski definition) is 3. The van der Waals surface area contributed by atoms with Crippen LogP contribution in [0.25, 0.3) is 77.2 Å².